The Hall–Kier alpha value is -3.02. The number of rotatable bonds is 5. The Balaban J connectivity index is 1.89. The summed E-state index contributed by atoms with van der Waals surface area (Å²) in [4.78, 5) is 26.6. The van der Waals surface area contributed by atoms with Gasteiger partial charge < -0.3 is 14.8 Å². The van der Waals surface area contributed by atoms with Crippen molar-refractivity contribution in [3.8, 4) is 11.5 Å². The fourth-order valence-corrected chi connectivity index (χ4v) is 3.06. The Morgan fingerprint density at radius 2 is 1.85 bits per heavy atom. The van der Waals surface area contributed by atoms with Crippen LogP contribution in [-0.2, 0) is 9.59 Å². The monoisotopic (exact) mass is 354 g/mol. The van der Waals surface area contributed by atoms with E-state index < -0.39 is 6.04 Å². The molecular formula is C20H22N2O4. The first-order valence-corrected chi connectivity index (χ1v) is 8.38. The normalized spacial score (nSPS) is 16.8. The summed E-state index contributed by atoms with van der Waals surface area (Å²) < 4.78 is 10.5. The molecule has 0 saturated carbocycles. The van der Waals surface area contributed by atoms with Gasteiger partial charge in [-0.1, -0.05) is 12.1 Å². The number of nitrogens with one attached hydrogen (secondary N) is 1. The maximum atomic E-state index is 12.9. The molecular weight excluding hydrogens is 332 g/mol. The van der Waals surface area contributed by atoms with Gasteiger partial charge in [-0.05, 0) is 43.2 Å². The number of aryl methyl sites for hydroxylation is 1. The van der Waals surface area contributed by atoms with Crippen LogP contribution >= 0.6 is 0 Å². The van der Waals surface area contributed by atoms with Gasteiger partial charge in [-0.2, -0.15) is 0 Å². The van der Waals surface area contributed by atoms with Gasteiger partial charge in [0.15, 0.2) is 0 Å². The predicted molar refractivity (Wildman–Crippen MR) is 100.0 cm³/mol. The molecule has 3 rings (SSSR count). The van der Waals surface area contributed by atoms with Crippen LogP contribution in [0.2, 0.25) is 0 Å². The zero-order valence-electron chi connectivity index (χ0n) is 15.3. The molecule has 0 unspecified atom stereocenters. The van der Waals surface area contributed by atoms with Crippen LogP contribution in [0.4, 0.5) is 11.4 Å². The second-order valence-corrected chi connectivity index (χ2v) is 6.25. The first-order chi connectivity index (χ1) is 12.5. The number of benzene rings is 2. The van der Waals surface area contributed by atoms with E-state index in [1.165, 1.54) is 12.0 Å². The van der Waals surface area contributed by atoms with E-state index >= 15 is 0 Å². The van der Waals surface area contributed by atoms with E-state index in [2.05, 4.69) is 5.32 Å². The molecule has 1 saturated heterocycles. The van der Waals surface area contributed by atoms with Gasteiger partial charge in [0.1, 0.15) is 17.5 Å². The maximum Gasteiger partial charge on any atom is 0.256 e. The molecule has 1 atom stereocenters. The number of ether oxygens (including phenoxy) is 2. The Morgan fingerprint density at radius 3 is 2.54 bits per heavy atom. The number of anilines is 2. The minimum atomic E-state index is -0.602. The van der Waals surface area contributed by atoms with Crippen LogP contribution in [0.3, 0.4) is 0 Å². The Kier molecular flexibility index (Phi) is 4.84. The molecule has 1 fully saturated rings. The summed E-state index contributed by atoms with van der Waals surface area (Å²) in [6.45, 7) is 4.00. The molecule has 26 heavy (non-hydrogen) atoms. The van der Waals surface area contributed by atoms with Crippen LogP contribution in [0.1, 0.15) is 17.5 Å². The van der Waals surface area contributed by atoms with Gasteiger partial charge in [-0.3, -0.25) is 9.59 Å². The summed E-state index contributed by atoms with van der Waals surface area (Å²) in [6, 6.07) is 10.3. The molecule has 1 aliphatic heterocycles. The van der Waals surface area contributed by atoms with Crippen molar-refractivity contribution >= 4 is 23.2 Å². The van der Waals surface area contributed by atoms with Crippen molar-refractivity contribution < 1.29 is 19.1 Å². The molecule has 2 aromatic carbocycles. The van der Waals surface area contributed by atoms with Gasteiger partial charge in [0.25, 0.3) is 5.91 Å². The van der Waals surface area contributed by atoms with Gasteiger partial charge in [0, 0.05) is 11.8 Å². The topological polar surface area (TPSA) is 67.9 Å². The van der Waals surface area contributed by atoms with E-state index in [1.54, 1.807) is 25.3 Å². The van der Waals surface area contributed by atoms with Crippen molar-refractivity contribution in [1.29, 1.82) is 0 Å². The van der Waals surface area contributed by atoms with E-state index in [4.69, 9.17) is 9.47 Å². The van der Waals surface area contributed by atoms with Gasteiger partial charge in [-0.15, -0.1) is 0 Å². The molecule has 0 aromatic heterocycles. The number of hydrogen-bond acceptors (Lipinski definition) is 5. The third kappa shape index (κ3) is 3.10. The van der Waals surface area contributed by atoms with Gasteiger partial charge in [0.2, 0.25) is 5.91 Å². The summed E-state index contributed by atoms with van der Waals surface area (Å²) in [5.74, 6) is 0.453. The first kappa shape index (κ1) is 17.8. The third-order valence-electron chi connectivity index (χ3n) is 4.71. The van der Waals surface area contributed by atoms with E-state index in [0.29, 0.717) is 17.2 Å². The molecule has 1 aliphatic rings. The van der Waals surface area contributed by atoms with Crippen LogP contribution in [-0.4, -0.2) is 32.1 Å². The molecule has 6 nitrogen and oxygen atoms in total. The van der Waals surface area contributed by atoms with Crippen molar-refractivity contribution in [2.24, 2.45) is 0 Å². The molecule has 1 heterocycles. The van der Waals surface area contributed by atoms with Crippen molar-refractivity contribution in [3.63, 3.8) is 0 Å². The molecule has 0 spiro atoms. The number of nitrogens with zero attached hydrogens (tertiary/aromatic N) is 1. The lowest BCUT2D eigenvalue weighted by Gasteiger charge is -2.20. The fraction of sp³-hybridized carbons (Fsp3) is 0.300. The van der Waals surface area contributed by atoms with Crippen LogP contribution < -0.4 is 19.7 Å². The average Bonchev–Trinajstić information content (AvgIpc) is 2.91. The Bertz CT molecular complexity index is 863. The molecule has 2 aromatic rings. The van der Waals surface area contributed by atoms with Crippen LogP contribution in [0.25, 0.3) is 0 Å². The van der Waals surface area contributed by atoms with E-state index in [1.807, 2.05) is 32.0 Å². The molecule has 0 radical (unpaired) electrons. The van der Waals surface area contributed by atoms with E-state index in [-0.39, 0.29) is 18.2 Å². The summed E-state index contributed by atoms with van der Waals surface area (Å²) in [5.41, 5.74) is 3.47. The Labute approximate surface area is 152 Å². The number of amides is 2. The van der Waals surface area contributed by atoms with Crippen molar-refractivity contribution in [1.82, 2.24) is 0 Å². The number of carbonyl (C=O) groups excluding carboxylic acids is 2. The zero-order valence-corrected chi connectivity index (χ0v) is 15.3. The highest BCUT2D eigenvalue weighted by atomic mass is 16.5. The van der Waals surface area contributed by atoms with E-state index in [9.17, 15) is 9.59 Å². The lowest BCUT2D eigenvalue weighted by molar-refractivity contribution is -0.121. The van der Waals surface area contributed by atoms with Crippen molar-refractivity contribution in [2.75, 3.05) is 24.4 Å². The molecule has 6 heteroatoms. The van der Waals surface area contributed by atoms with Crippen LogP contribution in [0.5, 0.6) is 11.5 Å². The summed E-state index contributed by atoms with van der Waals surface area (Å²) in [5, 5.41) is 3.21. The predicted octanol–water partition coefficient (Wildman–Crippen LogP) is 3.06. The Morgan fingerprint density at radius 1 is 1.08 bits per heavy atom. The molecule has 0 bridgehead atoms. The highest BCUT2D eigenvalue weighted by molar-refractivity contribution is 6.23. The quantitative estimate of drug-likeness (QED) is 0.836. The lowest BCUT2D eigenvalue weighted by Crippen LogP contribution is -2.35. The van der Waals surface area contributed by atoms with Gasteiger partial charge >= 0.3 is 0 Å². The smallest absolute Gasteiger partial charge is 0.256 e. The lowest BCUT2D eigenvalue weighted by atomic mass is 10.1. The summed E-state index contributed by atoms with van der Waals surface area (Å²) in [7, 11) is 3.04. The summed E-state index contributed by atoms with van der Waals surface area (Å²) >= 11 is 0. The number of carbonyl (C=O) groups is 2. The van der Waals surface area contributed by atoms with Crippen molar-refractivity contribution in [3.05, 3.63) is 47.5 Å². The summed E-state index contributed by atoms with van der Waals surface area (Å²) in [6.07, 6.45) is 0.0986. The highest BCUT2D eigenvalue weighted by Gasteiger charge is 2.41. The van der Waals surface area contributed by atoms with E-state index in [0.717, 1.165) is 16.8 Å². The second-order valence-electron chi connectivity index (χ2n) is 6.25. The third-order valence-corrected chi connectivity index (χ3v) is 4.71. The molecule has 2 amide bonds. The number of imide groups is 1. The zero-order chi connectivity index (χ0) is 18.8. The SMILES string of the molecule is COc1ccc(N2C(=O)C[C@H](Nc3cccc(C)c3C)C2=O)c(OC)c1. The fourth-order valence-electron chi connectivity index (χ4n) is 3.06. The van der Waals surface area contributed by atoms with Crippen LogP contribution in [0, 0.1) is 13.8 Å². The standard InChI is InChI=1S/C20H22N2O4/c1-12-6-5-7-15(13(12)2)21-16-11-19(23)22(20(16)24)17-9-8-14(25-3)10-18(17)26-4/h5-10,16,21H,11H2,1-4H3/t16-/m0/s1. The number of hydrogen-bond donors (Lipinski definition) is 1. The molecule has 1 N–H and O–H groups in total. The first-order valence-electron chi connectivity index (χ1n) is 8.38. The molecule has 0 aliphatic carbocycles. The minimum Gasteiger partial charge on any atom is -0.497 e. The van der Waals surface area contributed by atoms with Crippen LogP contribution in [0.15, 0.2) is 36.4 Å². The van der Waals surface area contributed by atoms with Gasteiger partial charge in [0.05, 0.1) is 26.3 Å². The average molecular weight is 354 g/mol. The molecule has 136 valence electrons. The second kappa shape index (κ2) is 7.07. The van der Waals surface area contributed by atoms with Gasteiger partial charge in [-0.25, -0.2) is 4.90 Å². The van der Waals surface area contributed by atoms with Crippen molar-refractivity contribution in [2.45, 2.75) is 26.3 Å². The minimum absolute atomic E-state index is 0.0986. The maximum absolute atomic E-state index is 12.9. The largest absolute Gasteiger partial charge is 0.497 e. The number of methoxy groups -OCH3 is 2. The highest BCUT2D eigenvalue weighted by Crippen LogP contribution is 2.35.